The van der Waals surface area contributed by atoms with E-state index < -0.39 is 0 Å². The molecule has 2 aromatic rings. The number of aryl methyl sites for hydroxylation is 1. The van der Waals surface area contributed by atoms with Gasteiger partial charge in [0, 0.05) is 24.6 Å². The summed E-state index contributed by atoms with van der Waals surface area (Å²) in [7, 11) is 0. The monoisotopic (exact) mass is 313 g/mol. The predicted molar refractivity (Wildman–Crippen MR) is 84.8 cm³/mol. The Hall–Kier alpha value is -2.70. The summed E-state index contributed by atoms with van der Waals surface area (Å²) in [4.78, 5) is 30.4. The summed E-state index contributed by atoms with van der Waals surface area (Å²) in [5, 5.41) is 9.00. The molecule has 1 aliphatic heterocycles. The topological polar surface area (TPSA) is 91.0 Å². The molecule has 1 aliphatic rings. The Morgan fingerprint density at radius 1 is 1.26 bits per heavy atom. The third-order valence-electron chi connectivity index (χ3n) is 4.19. The fourth-order valence-corrected chi connectivity index (χ4v) is 2.81. The van der Waals surface area contributed by atoms with Crippen LogP contribution in [0.3, 0.4) is 0 Å². The number of aromatic nitrogens is 3. The second kappa shape index (κ2) is 6.60. The zero-order valence-electron chi connectivity index (χ0n) is 13.0. The molecule has 1 fully saturated rings. The molecule has 0 spiro atoms. The number of aromatic amines is 1. The van der Waals surface area contributed by atoms with Crippen molar-refractivity contribution in [1.82, 2.24) is 20.1 Å². The highest BCUT2D eigenvalue weighted by Crippen LogP contribution is 2.21. The number of carbonyl (C=O) groups excluding carboxylic acids is 2. The SMILES string of the molecule is Cc1ccccc1C(=O)N1CCC(C(=O)Nc2ncn[nH]2)CC1. The molecular formula is C16H19N5O2. The van der Waals surface area contributed by atoms with Gasteiger partial charge in [0.2, 0.25) is 11.9 Å². The maximum absolute atomic E-state index is 12.6. The maximum atomic E-state index is 12.6. The normalized spacial score (nSPS) is 15.4. The van der Waals surface area contributed by atoms with E-state index in [1.165, 1.54) is 6.33 Å². The van der Waals surface area contributed by atoms with Crippen molar-refractivity contribution < 1.29 is 9.59 Å². The van der Waals surface area contributed by atoms with Crippen molar-refractivity contribution >= 4 is 17.8 Å². The highest BCUT2D eigenvalue weighted by molar-refractivity contribution is 5.96. The van der Waals surface area contributed by atoms with Crippen molar-refractivity contribution in [3.05, 3.63) is 41.7 Å². The van der Waals surface area contributed by atoms with E-state index in [9.17, 15) is 9.59 Å². The van der Waals surface area contributed by atoms with Gasteiger partial charge in [-0.15, -0.1) is 0 Å². The van der Waals surface area contributed by atoms with E-state index in [0.717, 1.165) is 11.1 Å². The van der Waals surface area contributed by atoms with Gasteiger partial charge in [0.25, 0.3) is 5.91 Å². The summed E-state index contributed by atoms with van der Waals surface area (Å²) < 4.78 is 0. The molecule has 2 amide bonds. The lowest BCUT2D eigenvalue weighted by Gasteiger charge is -2.31. The average molecular weight is 313 g/mol. The Labute approximate surface area is 134 Å². The number of rotatable bonds is 3. The third-order valence-corrected chi connectivity index (χ3v) is 4.19. The first-order chi connectivity index (χ1) is 11.1. The first-order valence-electron chi connectivity index (χ1n) is 7.66. The first-order valence-corrected chi connectivity index (χ1v) is 7.66. The van der Waals surface area contributed by atoms with Gasteiger partial charge in [-0.05, 0) is 31.4 Å². The lowest BCUT2D eigenvalue weighted by Crippen LogP contribution is -2.41. The van der Waals surface area contributed by atoms with Gasteiger partial charge >= 0.3 is 0 Å². The van der Waals surface area contributed by atoms with Crippen LogP contribution in [0.5, 0.6) is 0 Å². The van der Waals surface area contributed by atoms with E-state index in [1.807, 2.05) is 36.1 Å². The molecule has 0 aliphatic carbocycles. The lowest BCUT2D eigenvalue weighted by atomic mass is 9.95. The molecule has 0 atom stereocenters. The van der Waals surface area contributed by atoms with Crippen LogP contribution in [0.15, 0.2) is 30.6 Å². The van der Waals surface area contributed by atoms with Crippen LogP contribution in [0, 0.1) is 12.8 Å². The third kappa shape index (κ3) is 3.39. The molecule has 2 heterocycles. The lowest BCUT2D eigenvalue weighted by molar-refractivity contribution is -0.121. The Balaban J connectivity index is 1.57. The summed E-state index contributed by atoms with van der Waals surface area (Å²) >= 11 is 0. The van der Waals surface area contributed by atoms with E-state index in [0.29, 0.717) is 31.9 Å². The molecule has 7 heteroatoms. The first kappa shape index (κ1) is 15.2. The number of hydrogen-bond acceptors (Lipinski definition) is 4. The molecule has 23 heavy (non-hydrogen) atoms. The van der Waals surface area contributed by atoms with Crippen LogP contribution in [0.25, 0.3) is 0 Å². The van der Waals surface area contributed by atoms with E-state index in [4.69, 9.17) is 0 Å². The second-order valence-corrected chi connectivity index (χ2v) is 5.70. The number of H-pyrrole nitrogens is 1. The van der Waals surface area contributed by atoms with Crippen molar-refractivity contribution in [3.63, 3.8) is 0 Å². The van der Waals surface area contributed by atoms with E-state index in [-0.39, 0.29) is 17.7 Å². The van der Waals surface area contributed by atoms with Crippen LogP contribution < -0.4 is 5.32 Å². The van der Waals surface area contributed by atoms with Crippen LogP contribution in [0.4, 0.5) is 5.95 Å². The van der Waals surface area contributed by atoms with Crippen LogP contribution in [-0.2, 0) is 4.79 Å². The van der Waals surface area contributed by atoms with Gasteiger partial charge in [0.15, 0.2) is 0 Å². The van der Waals surface area contributed by atoms with Crippen molar-refractivity contribution in [1.29, 1.82) is 0 Å². The summed E-state index contributed by atoms with van der Waals surface area (Å²) in [5.41, 5.74) is 1.71. The number of likely N-dealkylation sites (tertiary alicyclic amines) is 1. The standard InChI is InChI=1S/C16H19N5O2/c1-11-4-2-3-5-13(11)15(23)21-8-6-12(7-9-21)14(22)19-16-17-10-18-20-16/h2-5,10,12H,6-9H2,1H3,(H2,17,18,19,20,22). The van der Waals surface area contributed by atoms with Crippen LogP contribution in [0.1, 0.15) is 28.8 Å². The van der Waals surface area contributed by atoms with E-state index in [1.54, 1.807) is 0 Å². The number of piperidine rings is 1. The number of nitrogens with one attached hydrogen (secondary N) is 2. The number of amides is 2. The van der Waals surface area contributed by atoms with E-state index in [2.05, 4.69) is 20.5 Å². The molecule has 1 aromatic heterocycles. The fourth-order valence-electron chi connectivity index (χ4n) is 2.81. The minimum Gasteiger partial charge on any atom is -0.339 e. The smallest absolute Gasteiger partial charge is 0.254 e. The van der Waals surface area contributed by atoms with Gasteiger partial charge in [-0.1, -0.05) is 18.2 Å². The van der Waals surface area contributed by atoms with Gasteiger partial charge in [-0.3, -0.25) is 14.9 Å². The number of hydrogen-bond donors (Lipinski definition) is 2. The summed E-state index contributed by atoms with van der Waals surface area (Å²) in [6.07, 6.45) is 2.65. The van der Waals surface area contributed by atoms with Gasteiger partial charge in [-0.25, -0.2) is 5.10 Å². The zero-order valence-corrected chi connectivity index (χ0v) is 13.0. The van der Waals surface area contributed by atoms with Crippen molar-refractivity contribution in [2.75, 3.05) is 18.4 Å². The molecule has 1 saturated heterocycles. The van der Waals surface area contributed by atoms with E-state index >= 15 is 0 Å². The minimum atomic E-state index is -0.110. The number of nitrogens with zero attached hydrogens (tertiary/aromatic N) is 3. The fraction of sp³-hybridized carbons (Fsp3) is 0.375. The largest absolute Gasteiger partial charge is 0.339 e. The zero-order chi connectivity index (χ0) is 16.2. The Kier molecular flexibility index (Phi) is 4.36. The molecule has 120 valence electrons. The number of anilines is 1. The summed E-state index contributed by atoms with van der Waals surface area (Å²) in [6, 6.07) is 7.58. The van der Waals surface area contributed by atoms with Crippen LogP contribution in [-0.4, -0.2) is 45.0 Å². The average Bonchev–Trinajstić information content (AvgIpc) is 3.08. The molecule has 1 aromatic carbocycles. The van der Waals surface area contributed by atoms with Gasteiger partial charge in [-0.2, -0.15) is 10.1 Å². The van der Waals surface area contributed by atoms with Crippen molar-refractivity contribution in [2.24, 2.45) is 5.92 Å². The predicted octanol–water partition coefficient (Wildman–Crippen LogP) is 1.60. The molecule has 0 unspecified atom stereocenters. The van der Waals surface area contributed by atoms with Gasteiger partial charge in [0.1, 0.15) is 6.33 Å². The Morgan fingerprint density at radius 2 is 2.00 bits per heavy atom. The van der Waals surface area contributed by atoms with Crippen LogP contribution >= 0.6 is 0 Å². The van der Waals surface area contributed by atoms with Crippen LogP contribution in [0.2, 0.25) is 0 Å². The highest BCUT2D eigenvalue weighted by atomic mass is 16.2. The summed E-state index contributed by atoms with van der Waals surface area (Å²) in [5.74, 6) is 0.205. The van der Waals surface area contributed by atoms with Crippen molar-refractivity contribution in [3.8, 4) is 0 Å². The Bertz CT molecular complexity index is 690. The molecule has 3 rings (SSSR count). The molecular weight excluding hydrogens is 294 g/mol. The molecule has 2 N–H and O–H groups in total. The minimum absolute atomic E-state index is 0.0391. The molecule has 0 bridgehead atoms. The Morgan fingerprint density at radius 3 is 2.65 bits per heavy atom. The van der Waals surface area contributed by atoms with Gasteiger partial charge < -0.3 is 4.90 Å². The van der Waals surface area contributed by atoms with Gasteiger partial charge in [0.05, 0.1) is 0 Å². The molecule has 7 nitrogen and oxygen atoms in total. The van der Waals surface area contributed by atoms with Crippen molar-refractivity contribution in [2.45, 2.75) is 19.8 Å². The summed E-state index contributed by atoms with van der Waals surface area (Å²) in [6.45, 7) is 3.11. The number of carbonyl (C=O) groups is 2. The highest BCUT2D eigenvalue weighted by Gasteiger charge is 2.28. The molecule has 0 saturated carbocycles. The number of benzene rings is 1. The quantitative estimate of drug-likeness (QED) is 0.900. The molecule has 0 radical (unpaired) electrons. The maximum Gasteiger partial charge on any atom is 0.254 e. The second-order valence-electron chi connectivity index (χ2n) is 5.70.